The van der Waals surface area contributed by atoms with E-state index in [1.54, 1.807) is 13.1 Å². The number of hydrogen-bond acceptors (Lipinski definition) is 1. The fourth-order valence-corrected chi connectivity index (χ4v) is 1.72. The van der Waals surface area contributed by atoms with Crippen LogP contribution in [0.1, 0.15) is 39.2 Å². The third kappa shape index (κ3) is 7.06. The second kappa shape index (κ2) is 8.51. The first kappa shape index (κ1) is 20.1. The Morgan fingerprint density at radius 1 is 1.24 bits per heavy atom. The lowest BCUT2D eigenvalue weighted by molar-refractivity contribution is 0.497. The molecule has 0 spiro atoms. The molecule has 21 heavy (non-hydrogen) atoms. The van der Waals surface area contributed by atoms with Gasteiger partial charge in [0.15, 0.2) is 17.6 Å². The Bertz CT molecular complexity index is 484. The molecular formula is C15H24F2IN3. The van der Waals surface area contributed by atoms with Crippen molar-refractivity contribution in [3.05, 3.63) is 35.4 Å². The summed E-state index contributed by atoms with van der Waals surface area (Å²) in [5, 5.41) is 6.42. The van der Waals surface area contributed by atoms with Gasteiger partial charge in [0.2, 0.25) is 0 Å². The molecule has 1 aromatic carbocycles. The van der Waals surface area contributed by atoms with Gasteiger partial charge in [-0.25, -0.2) is 8.78 Å². The van der Waals surface area contributed by atoms with E-state index in [9.17, 15) is 8.78 Å². The van der Waals surface area contributed by atoms with Gasteiger partial charge < -0.3 is 10.6 Å². The van der Waals surface area contributed by atoms with Crippen molar-refractivity contribution in [1.29, 1.82) is 0 Å². The number of hydrogen-bond donors (Lipinski definition) is 2. The minimum Gasteiger partial charge on any atom is -0.356 e. The van der Waals surface area contributed by atoms with Crippen molar-refractivity contribution in [3.8, 4) is 0 Å². The van der Waals surface area contributed by atoms with Gasteiger partial charge in [0, 0.05) is 19.1 Å². The summed E-state index contributed by atoms with van der Waals surface area (Å²) in [7, 11) is 1.70. The zero-order chi connectivity index (χ0) is 15.3. The van der Waals surface area contributed by atoms with Crippen LogP contribution in [0.5, 0.6) is 0 Å². The van der Waals surface area contributed by atoms with Gasteiger partial charge in [-0.3, -0.25) is 4.99 Å². The van der Waals surface area contributed by atoms with Crippen LogP contribution < -0.4 is 10.6 Å². The van der Waals surface area contributed by atoms with Crippen molar-refractivity contribution < 1.29 is 8.78 Å². The van der Waals surface area contributed by atoms with E-state index in [1.165, 1.54) is 6.07 Å². The maximum absolute atomic E-state index is 13.2. The van der Waals surface area contributed by atoms with Crippen LogP contribution in [0.3, 0.4) is 0 Å². The van der Waals surface area contributed by atoms with E-state index in [1.807, 2.05) is 27.7 Å². The van der Waals surface area contributed by atoms with Gasteiger partial charge in [-0.05, 0) is 44.4 Å². The van der Waals surface area contributed by atoms with Crippen LogP contribution in [0.4, 0.5) is 8.78 Å². The molecule has 0 heterocycles. The Hall–Kier alpha value is -0.920. The highest BCUT2D eigenvalue weighted by molar-refractivity contribution is 14.0. The zero-order valence-electron chi connectivity index (χ0n) is 13.1. The third-order valence-electron chi connectivity index (χ3n) is 2.81. The zero-order valence-corrected chi connectivity index (χ0v) is 15.5. The van der Waals surface area contributed by atoms with E-state index >= 15 is 0 Å². The summed E-state index contributed by atoms with van der Waals surface area (Å²) in [6.45, 7) is 8.65. The highest BCUT2D eigenvalue weighted by Gasteiger charge is 2.13. The van der Waals surface area contributed by atoms with Crippen molar-refractivity contribution in [2.24, 2.45) is 4.99 Å². The Balaban J connectivity index is 0.00000400. The molecule has 1 unspecified atom stereocenters. The Morgan fingerprint density at radius 2 is 1.86 bits per heavy atom. The van der Waals surface area contributed by atoms with E-state index in [0.29, 0.717) is 12.5 Å². The van der Waals surface area contributed by atoms with Gasteiger partial charge in [-0.1, -0.05) is 13.0 Å². The van der Waals surface area contributed by atoms with Gasteiger partial charge in [0.25, 0.3) is 0 Å². The molecule has 0 radical (unpaired) electrons. The number of nitrogens with one attached hydrogen (secondary N) is 2. The lowest BCUT2D eigenvalue weighted by Gasteiger charge is -2.24. The lowest BCUT2D eigenvalue weighted by Crippen LogP contribution is -2.48. The first-order chi connectivity index (χ1) is 9.23. The van der Waals surface area contributed by atoms with Crippen molar-refractivity contribution in [3.63, 3.8) is 0 Å². The second-order valence-electron chi connectivity index (χ2n) is 5.90. The summed E-state index contributed by atoms with van der Waals surface area (Å²) in [6, 6.07) is 4.00. The number of nitrogens with zero attached hydrogens (tertiary/aromatic N) is 1. The third-order valence-corrected chi connectivity index (χ3v) is 2.81. The Kier molecular flexibility index (Phi) is 8.13. The number of rotatable bonds is 3. The van der Waals surface area contributed by atoms with E-state index in [-0.39, 0.29) is 35.4 Å². The largest absolute Gasteiger partial charge is 0.356 e. The molecule has 3 nitrogen and oxygen atoms in total. The number of halogens is 3. The molecule has 120 valence electrons. The molecule has 1 rings (SSSR count). The Morgan fingerprint density at radius 3 is 2.33 bits per heavy atom. The maximum atomic E-state index is 13.2. The molecule has 0 amide bonds. The first-order valence-electron chi connectivity index (χ1n) is 6.66. The highest BCUT2D eigenvalue weighted by atomic mass is 127. The molecule has 1 aromatic rings. The minimum atomic E-state index is -0.820. The molecule has 2 N–H and O–H groups in total. The molecule has 0 aliphatic carbocycles. The second-order valence-corrected chi connectivity index (χ2v) is 5.90. The molecule has 0 saturated heterocycles. The molecule has 0 aromatic heterocycles. The monoisotopic (exact) mass is 411 g/mol. The fraction of sp³-hybridized carbons (Fsp3) is 0.533. The van der Waals surface area contributed by atoms with Crippen LogP contribution in [0.15, 0.2) is 23.2 Å². The smallest absolute Gasteiger partial charge is 0.191 e. The molecule has 6 heteroatoms. The van der Waals surface area contributed by atoms with Crippen molar-refractivity contribution in [2.45, 2.75) is 39.2 Å². The van der Waals surface area contributed by atoms with Gasteiger partial charge in [0.05, 0.1) is 0 Å². The van der Waals surface area contributed by atoms with Gasteiger partial charge in [0.1, 0.15) is 0 Å². The summed E-state index contributed by atoms with van der Waals surface area (Å²) in [5.41, 5.74) is 0.662. The van der Waals surface area contributed by atoms with E-state index in [2.05, 4.69) is 15.6 Å². The molecule has 1 atom stereocenters. The van der Waals surface area contributed by atoms with Crippen LogP contribution in [0.2, 0.25) is 0 Å². The fourth-order valence-electron chi connectivity index (χ4n) is 1.72. The van der Waals surface area contributed by atoms with E-state index < -0.39 is 11.6 Å². The summed E-state index contributed by atoms with van der Waals surface area (Å²) in [4.78, 5) is 4.13. The summed E-state index contributed by atoms with van der Waals surface area (Å²) in [5.74, 6) is -0.902. The molecule has 0 aliphatic rings. The average Bonchev–Trinajstić information content (AvgIpc) is 2.36. The molecule has 0 fully saturated rings. The lowest BCUT2D eigenvalue weighted by atomic mass is 10.0. The summed E-state index contributed by atoms with van der Waals surface area (Å²) < 4.78 is 26.1. The van der Waals surface area contributed by atoms with E-state index in [4.69, 9.17) is 0 Å². The highest BCUT2D eigenvalue weighted by Crippen LogP contribution is 2.17. The number of benzene rings is 1. The minimum absolute atomic E-state index is 0. The van der Waals surface area contributed by atoms with Crippen molar-refractivity contribution in [1.82, 2.24) is 10.6 Å². The normalized spacial score (nSPS) is 13.4. The van der Waals surface area contributed by atoms with Gasteiger partial charge in [-0.15, -0.1) is 24.0 Å². The first-order valence-corrected chi connectivity index (χ1v) is 6.66. The van der Waals surface area contributed by atoms with E-state index in [0.717, 1.165) is 11.6 Å². The van der Waals surface area contributed by atoms with Crippen molar-refractivity contribution in [2.75, 3.05) is 13.6 Å². The van der Waals surface area contributed by atoms with Crippen LogP contribution >= 0.6 is 24.0 Å². The SMILES string of the molecule is CN=C(NCC(C)c1ccc(F)c(F)c1)NC(C)(C)C.I. The molecule has 0 aliphatic heterocycles. The average molecular weight is 411 g/mol. The van der Waals surface area contributed by atoms with Crippen LogP contribution in [-0.2, 0) is 0 Å². The predicted octanol–water partition coefficient (Wildman–Crippen LogP) is 3.65. The van der Waals surface area contributed by atoms with Gasteiger partial charge >= 0.3 is 0 Å². The summed E-state index contributed by atoms with van der Waals surface area (Å²) >= 11 is 0. The number of aliphatic imine (C=N–C) groups is 1. The van der Waals surface area contributed by atoms with Gasteiger partial charge in [-0.2, -0.15) is 0 Å². The topological polar surface area (TPSA) is 36.4 Å². The van der Waals surface area contributed by atoms with Crippen LogP contribution in [0, 0.1) is 11.6 Å². The van der Waals surface area contributed by atoms with Crippen molar-refractivity contribution >= 4 is 29.9 Å². The molecular weight excluding hydrogens is 387 g/mol. The quantitative estimate of drug-likeness (QED) is 0.453. The summed E-state index contributed by atoms with van der Waals surface area (Å²) in [6.07, 6.45) is 0. The Labute approximate surface area is 142 Å². The maximum Gasteiger partial charge on any atom is 0.191 e. The molecule has 0 saturated carbocycles. The predicted molar refractivity (Wildman–Crippen MR) is 94.4 cm³/mol. The van der Waals surface area contributed by atoms with Crippen LogP contribution in [-0.4, -0.2) is 25.1 Å². The standard InChI is InChI=1S/C15H23F2N3.HI/c1-10(11-6-7-12(16)13(17)8-11)9-19-14(18-5)20-15(2,3)4;/h6-8,10H,9H2,1-5H3,(H2,18,19,20);1H. The molecule has 0 bridgehead atoms. The van der Waals surface area contributed by atoms with Crippen LogP contribution in [0.25, 0.3) is 0 Å². The number of guanidine groups is 1.